The first-order chi connectivity index (χ1) is 8.60. The van der Waals surface area contributed by atoms with Gasteiger partial charge in [0, 0.05) is 11.6 Å². The fourth-order valence-electron chi connectivity index (χ4n) is 2.37. The molecule has 1 aliphatic rings. The molecule has 0 bridgehead atoms. The summed E-state index contributed by atoms with van der Waals surface area (Å²) in [7, 11) is 0. The number of hydrogen-bond donors (Lipinski definition) is 2. The monoisotopic (exact) mass is 266 g/mol. The summed E-state index contributed by atoms with van der Waals surface area (Å²) < 4.78 is 0. The molecule has 1 aromatic carbocycles. The Hall–Kier alpha value is -1.06. The Morgan fingerprint density at radius 3 is 2.44 bits per heavy atom. The predicted molar refractivity (Wildman–Crippen MR) is 73.3 cm³/mol. The van der Waals surface area contributed by atoms with Crippen molar-refractivity contribution in [1.82, 2.24) is 5.32 Å². The maximum Gasteiger partial charge on any atom is 0.240 e. The van der Waals surface area contributed by atoms with Gasteiger partial charge in [-0.05, 0) is 30.5 Å². The Bertz CT molecular complexity index is 410. The zero-order valence-corrected chi connectivity index (χ0v) is 11.2. The van der Waals surface area contributed by atoms with Gasteiger partial charge in [0.05, 0.1) is 5.54 Å². The van der Waals surface area contributed by atoms with Gasteiger partial charge in [-0.1, -0.05) is 43.0 Å². The van der Waals surface area contributed by atoms with Crippen LogP contribution in [0, 0.1) is 0 Å². The van der Waals surface area contributed by atoms with E-state index in [1.165, 1.54) is 6.42 Å². The molecule has 98 valence electrons. The lowest BCUT2D eigenvalue weighted by molar-refractivity contribution is -0.127. The summed E-state index contributed by atoms with van der Waals surface area (Å²) in [5, 5.41) is 3.62. The summed E-state index contributed by atoms with van der Waals surface area (Å²) in [4.78, 5) is 12.1. The minimum atomic E-state index is -0.662. The lowest BCUT2D eigenvalue weighted by atomic mass is 9.82. The number of halogens is 1. The van der Waals surface area contributed by atoms with E-state index in [1.54, 1.807) is 0 Å². The molecular formula is C14H19ClN2O. The summed E-state index contributed by atoms with van der Waals surface area (Å²) in [6, 6.07) is 7.46. The Balaban J connectivity index is 1.89. The average Bonchev–Trinajstić information content (AvgIpc) is 2.38. The van der Waals surface area contributed by atoms with Crippen LogP contribution >= 0.6 is 11.6 Å². The first kappa shape index (κ1) is 13.4. The van der Waals surface area contributed by atoms with Crippen molar-refractivity contribution in [3.05, 3.63) is 34.9 Å². The van der Waals surface area contributed by atoms with Crippen LogP contribution < -0.4 is 11.1 Å². The van der Waals surface area contributed by atoms with Crippen molar-refractivity contribution in [2.75, 3.05) is 0 Å². The molecular weight excluding hydrogens is 248 g/mol. The van der Waals surface area contributed by atoms with Crippen molar-refractivity contribution in [2.24, 2.45) is 5.73 Å². The van der Waals surface area contributed by atoms with Gasteiger partial charge in [0.15, 0.2) is 0 Å². The van der Waals surface area contributed by atoms with E-state index in [0.717, 1.165) is 31.2 Å². The molecule has 2 rings (SSSR count). The standard InChI is InChI=1S/C14H19ClN2O/c15-12-6-4-11(5-7-12)10-17-13(18)14(16)8-2-1-3-9-14/h4-7H,1-3,8-10,16H2,(H,17,18). The molecule has 3 N–H and O–H groups in total. The van der Waals surface area contributed by atoms with Crippen LogP contribution in [0.5, 0.6) is 0 Å². The number of nitrogens with one attached hydrogen (secondary N) is 1. The van der Waals surface area contributed by atoms with Crippen molar-refractivity contribution in [3.63, 3.8) is 0 Å². The number of nitrogens with two attached hydrogens (primary N) is 1. The summed E-state index contributed by atoms with van der Waals surface area (Å²) in [5.74, 6) is -0.0304. The minimum Gasteiger partial charge on any atom is -0.350 e. The molecule has 18 heavy (non-hydrogen) atoms. The molecule has 0 heterocycles. The molecule has 0 radical (unpaired) electrons. The quantitative estimate of drug-likeness (QED) is 0.884. The second-order valence-corrected chi connectivity index (χ2v) is 5.46. The Morgan fingerprint density at radius 2 is 1.83 bits per heavy atom. The van der Waals surface area contributed by atoms with E-state index < -0.39 is 5.54 Å². The highest BCUT2D eigenvalue weighted by Gasteiger charge is 2.34. The van der Waals surface area contributed by atoms with Crippen LogP contribution in [-0.4, -0.2) is 11.4 Å². The molecule has 1 aromatic rings. The van der Waals surface area contributed by atoms with E-state index in [4.69, 9.17) is 17.3 Å². The van der Waals surface area contributed by atoms with Crippen molar-refractivity contribution >= 4 is 17.5 Å². The third-order valence-electron chi connectivity index (χ3n) is 3.56. The van der Waals surface area contributed by atoms with Crippen LogP contribution in [0.25, 0.3) is 0 Å². The lowest BCUT2D eigenvalue weighted by Crippen LogP contribution is -2.54. The molecule has 0 spiro atoms. The number of carbonyl (C=O) groups is 1. The zero-order valence-electron chi connectivity index (χ0n) is 10.4. The first-order valence-electron chi connectivity index (χ1n) is 6.42. The molecule has 1 saturated carbocycles. The van der Waals surface area contributed by atoms with Crippen LogP contribution in [0.2, 0.25) is 5.02 Å². The van der Waals surface area contributed by atoms with E-state index in [1.807, 2.05) is 24.3 Å². The van der Waals surface area contributed by atoms with Crippen molar-refractivity contribution in [1.29, 1.82) is 0 Å². The molecule has 0 aromatic heterocycles. The van der Waals surface area contributed by atoms with Crippen molar-refractivity contribution in [2.45, 2.75) is 44.2 Å². The molecule has 0 saturated heterocycles. The van der Waals surface area contributed by atoms with E-state index in [2.05, 4.69) is 5.32 Å². The molecule has 0 atom stereocenters. The third kappa shape index (κ3) is 3.24. The van der Waals surface area contributed by atoms with Gasteiger partial charge in [0.2, 0.25) is 5.91 Å². The van der Waals surface area contributed by atoms with Crippen LogP contribution in [0.3, 0.4) is 0 Å². The van der Waals surface area contributed by atoms with E-state index >= 15 is 0 Å². The number of hydrogen-bond acceptors (Lipinski definition) is 2. The zero-order chi connectivity index (χ0) is 13.0. The summed E-state index contributed by atoms with van der Waals surface area (Å²) in [5.41, 5.74) is 6.53. The number of rotatable bonds is 3. The highest BCUT2D eigenvalue weighted by atomic mass is 35.5. The molecule has 1 aliphatic carbocycles. The molecule has 4 heteroatoms. The topological polar surface area (TPSA) is 55.1 Å². The van der Waals surface area contributed by atoms with Gasteiger partial charge in [-0.3, -0.25) is 4.79 Å². The van der Waals surface area contributed by atoms with Gasteiger partial charge < -0.3 is 11.1 Å². The normalized spacial score (nSPS) is 18.3. The predicted octanol–water partition coefficient (Wildman–Crippen LogP) is 2.62. The van der Waals surface area contributed by atoms with Gasteiger partial charge >= 0.3 is 0 Å². The largest absolute Gasteiger partial charge is 0.350 e. The van der Waals surface area contributed by atoms with E-state index in [9.17, 15) is 4.79 Å². The fraction of sp³-hybridized carbons (Fsp3) is 0.500. The minimum absolute atomic E-state index is 0.0304. The van der Waals surface area contributed by atoms with E-state index in [0.29, 0.717) is 11.6 Å². The molecule has 0 aliphatic heterocycles. The molecule has 3 nitrogen and oxygen atoms in total. The number of carbonyl (C=O) groups excluding carboxylic acids is 1. The molecule has 1 fully saturated rings. The van der Waals surface area contributed by atoms with Gasteiger partial charge in [-0.2, -0.15) is 0 Å². The number of amides is 1. The SMILES string of the molecule is NC1(C(=O)NCc2ccc(Cl)cc2)CCCCC1. The smallest absolute Gasteiger partial charge is 0.240 e. The van der Waals surface area contributed by atoms with Crippen LogP contribution in [0.4, 0.5) is 0 Å². The first-order valence-corrected chi connectivity index (χ1v) is 6.80. The second-order valence-electron chi connectivity index (χ2n) is 5.03. The Kier molecular flexibility index (Phi) is 4.25. The second kappa shape index (κ2) is 5.72. The van der Waals surface area contributed by atoms with Crippen LogP contribution in [-0.2, 0) is 11.3 Å². The maximum atomic E-state index is 12.1. The summed E-state index contributed by atoms with van der Waals surface area (Å²) >= 11 is 5.81. The molecule has 0 unspecified atom stereocenters. The summed E-state index contributed by atoms with van der Waals surface area (Å²) in [6.07, 6.45) is 4.86. The summed E-state index contributed by atoms with van der Waals surface area (Å²) in [6.45, 7) is 0.509. The molecule has 1 amide bonds. The van der Waals surface area contributed by atoms with Gasteiger partial charge in [-0.25, -0.2) is 0 Å². The average molecular weight is 267 g/mol. The van der Waals surface area contributed by atoms with Gasteiger partial charge in [0.1, 0.15) is 0 Å². The fourth-order valence-corrected chi connectivity index (χ4v) is 2.50. The van der Waals surface area contributed by atoms with Gasteiger partial charge in [-0.15, -0.1) is 0 Å². The van der Waals surface area contributed by atoms with Crippen LogP contribution in [0.15, 0.2) is 24.3 Å². The van der Waals surface area contributed by atoms with Crippen molar-refractivity contribution < 1.29 is 4.79 Å². The highest BCUT2D eigenvalue weighted by molar-refractivity contribution is 6.30. The number of benzene rings is 1. The Labute approximate surface area is 113 Å². The van der Waals surface area contributed by atoms with Crippen molar-refractivity contribution in [3.8, 4) is 0 Å². The van der Waals surface area contributed by atoms with E-state index in [-0.39, 0.29) is 5.91 Å². The lowest BCUT2D eigenvalue weighted by Gasteiger charge is -2.31. The van der Waals surface area contributed by atoms with Crippen LogP contribution in [0.1, 0.15) is 37.7 Å². The third-order valence-corrected chi connectivity index (χ3v) is 3.82. The maximum absolute atomic E-state index is 12.1. The highest BCUT2D eigenvalue weighted by Crippen LogP contribution is 2.26. The Morgan fingerprint density at radius 1 is 1.22 bits per heavy atom. The van der Waals surface area contributed by atoms with Gasteiger partial charge in [0.25, 0.3) is 0 Å².